The average molecular weight is 642 g/mol. The number of imidazole rings is 1. The molecule has 0 saturated carbocycles. The lowest BCUT2D eigenvalue weighted by molar-refractivity contribution is -0.659. The maximum Gasteiger partial charge on any atom is 0.490 e. The number of halogens is 5. The Morgan fingerprint density at radius 1 is 1.27 bits per heavy atom. The number of methoxy groups -OCH3 is 1. The number of aryl methyl sites for hydroxylation is 3. The van der Waals surface area contributed by atoms with Crippen molar-refractivity contribution in [2.75, 3.05) is 25.1 Å². The summed E-state index contributed by atoms with van der Waals surface area (Å²) in [5, 5.41) is 21.0. The highest BCUT2D eigenvalue weighted by molar-refractivity contribution is 7.17. The first kappa shape index (κ1) is 32.2. The van der Waals surface area contributed by atoms with Gasteiger partial charge in [0.25, 0.3) is 5.91 Å². The number of nitrogens with zero attached hydrogens (tertiary/aromatic N) is 4. The first-order valence-electron chi connectivity index (χ1n) is 11.7. The molecule has 1 amide bonds. The van der Waals surface area contributed by atoms with Crippen LogP contribution in [0.4, 0.5) is 18.3 Å². The standard InChI is InChI=1S/C21H24Cl2N6O4S.C2HF3O2/c1-10-13(22)14(23)15(24-10)18(30)25-11-5-6-29(9-12(11)33-4)21-26-16(17(34-21)20(31)32)19-27(2)7-8-28(19)3;3-2(4,5)1(6)7/h7-8,11-12H,5-6,9H2,1-4H3,(H2-,24,25,30,31,32);(H,6,7)/p+1/t11-,12+;/m1./s1. The molecule has 1 fully saturated rings. The molecular weight excluding hydrogens is 616 g/mol. The van der Waals surface area contributed by atoms with Crippen LogP contribution in [0.3, 0.4) is 0 Å². The summed E-state index contributed by atoms with van der Waals surface area (Å²) in [7, 11) is 5.27. The first-order valence-corrected chi connectivity index (χ1v) is 13.3. The molecule has 0 spiro atoms. The third-order valence-electron chi connectivity index (χ3n) is 6.18. The molecule has 224 valence electrons. The maximum atomic E-state index is 12.8. The van der Waals surface area contributed by atoms with Gasteiger partial charge in [-0.25, -0.2) is 23.7 Å². The van der Waals surface area contributed by atoms with E-state index in [4.69, 9.17) is 37.8 Å². The summed E-state index contributed by atoms with van der Waals surface area (Å²) in [6, 6.07) is -0.267. The van der Waals surface area contributed by atoms with Gasteiger partial charge in [0.15, 0.2) is 10.8 Å². The molecule has 1 saturated heterocycles. The van der Waals surface area contributed by atoms with E-state index in [1.54, 1.807) is 14.0 Å². The van der Waals surface area contributed by atoms with Gasteiger partial charge in [0, 0.05) is 25.9 Å². The van der Waals surface area contributed by atoms with Gasteiger partial charge in [-0.3, -0.25) is 4.79 Å². The number of thiazole rings is 1. The molecule has 1 aliphatic rings. The SMILES string of the molecule is CO[C@H]1CN(c2nc(-c3n(C)cc[n+]3C)c(C(=O)O)s2)CC[C@H]1NC(=O)c1[nH]c(C)c(Cl)c1Cl.O=C(O)C(F)(F)F. The van der Waals surface area contributed by atoms with Crippen LogP contribution in [-0.4, -0.2) is 81.1 Å². The zero-order valence-electron chi connectivity index (χ0n) is 22.0. The molecule has 0 radical (unpaired) electrons. The summed E-state index contributed by atoms with van der Waals surface area (Å²) < 4.78 is 41.1. The number of aromatic carboxylic acids is 1. The molecule has 4 rings (SSSR count). The molecule has 0 bridgehead atoms. The van der Waals surface area contributed by atoms with E-state index < -0.39 is 18.1 Å². The lowest BCUT2D eigenvalue weighted by Gasteiger charge is -2.37. The number of carbonyl (C=O) groups excluding carboxylic acids is 1. The Morgan fingerprint density at radius 3 is 2.37 bits per heavy atom. The minimum atomic E-state index is -5.08. The third kappa shape index (κ3) is 7.12. The molecule has 3 aromatic heterocycles. The number of carbonyl (C=O) groups is 3. The molecule has 3 aromatic rings. The van der Waals surface area contributed by atoms with Crippen LogP contribution in [0.2, 0.25) is 10.0 Å². The number of aromatic nitrogens is 4. The van der Waals surface area contributed by atoms with Gasteiger partial charge in [-0.1, -0.05) is 34.5 Å². The van der Waals surface area contributed by atoms with Crippen LogP contribution >= 0.6 is 34.5 Å². The molecule has 4 heterocycles. The van der Waals surface area contributed by atoms with Crippen molar-refractivity contribution < 1.29 is 47.1 Å². The first-order chi connectivity index (χ1) is 19.1. The fourth-order valence-corrected chi connectivity index (χ4v) is 5.48. The van der Waals surface area contributed by atoms with Gasteiger partial charge in [-0.05, 0) is 13.3 Å². The molecule has 12 nitrogen and oxygen atoms in total. The van der Waals surface area contributed by atoms with Gasteiger partial charge in [-0.2, -0.15) is 13.2 Å². The summed E-state index contributed by atoms with van der Waals surface area (Å²) in [4.78, 5) is 43.4. The summed E-state index contributed by atoms with van der Waals surface area (Å²) in [5.41, 5.74) is 1.25. The molecule has 0 unspecified atom stereocenters. The van der Waals surface area contributed by atoms with Gasteiger partial charge in [0.2, 0.25) is 0 Å². The summed E-state index contributed by atoms with van der Waals surface area (Å²) in [5.74, 6) is -3.45. The number of nitrogens with one attached hydrogen (secondary N) is 2. The second-order valence-electron chi connectivity index (χ2n) is 8.97. The number of amides is 1. The number of H-pyrrole nitrogens is 1. The zero-order chi connectivity index (χ0) is 30.8. The Labute approximate surface area is 245 Å². The van der Waals surface area contributed by atoms with Crippen LogP contribution in [-0.2, 0) is 23.6 Å². The number of carboxylic acid groups (broad SMARTS) is 2. The minimum Gasteiger partial charge on any atom is -0.477 e. The zero-order valence-corrected chi connectivity index (χ0v) is 24.4. The van der Waals surface area contributed by atoms with E-state index >= 15 is 0 Å². The van der Waals surface area contributed by atoms with E-state index in [1.165, 1.54) is 0 Å². The topological polar surface area (TPSA) is 154 Å². The van der Waals surface area contributed by atoms with E-state index in [1.807, 2.05) is 40.5 Å². The molecule has 4 N–H and O–H groups in total. The van der Waals surface area contributed by atoms with Crippen molar-refractivity contribution >= 4 is 57.5 Å². The normalized spacial score (nSPS) is 17.1. The molecular formula is C23H26Cl2F3N6O6S+. The lowest BCUT2D eigenvalue weighted by Crippen LogP contribution is -2.55. The predicted molar refractivity (Wildman–Crippen MR) is 143 cm³/mol. The van der Waals surface area contributed by atoms with Crippen LogP contribution in [0.1, 0.15) is 32.3 Å². The smallest absolute Gasteiger partial charge is 0.477 e. The Bertz CT molecular complexity index is 1440. The molecule has 0 aromatic carbocycles. The summed E-state index contributed by atoms with van der Waals surface area (Å²) in [6.07, 6.45) is -1.15. The van der Waals surface area contributed by atoms with E-state index in [-0.39, 0.29) is 33.6 Å². The fraction of sp³-hybridized carbons (Fsp3) is 0.435. The number of aromatic amines is 1. The highest BCUT2D eigenvalue weighted by Crippen LogP contribution is 2.34. The van der Waals surface area contributed by atoms with E-state index in [2.05, 4.69) is 15.3 Å². The van der Waals surface area contributed by atoms with Crippen molar-refractivity contribution in [3.8, 4) is 11.5 Å². The Balaban J connectivity index is 0.000000587. The third-order valence-corrected chi connectivity index (χ3v) is 8.23. The Hall–Kier alpha value is -3.34. The molecule has 18 heteroatoms. The van der Waals surface area contributed by atoms with Crippen molar-refractivity contribution in [3.63, 3.8) is 0 Å². The number of anilines is 1. The van der Waals surface area contributed by atoms with E-state index in [0.717, 1.165) is 11.3 Å². The predicted octanol–water partition coefficient (Wildman–Crippen LogP) is 3.27. The molecule has 1 aliphatic heterocycles. The average Bonchev–Trinajstić information content (AvgIpc) is 3.55. The molecule has 2 atom stereocenters. The summed E-state index contributed by atoms with van der Waals surface area (Å²) in [6.45, 7) is 2.74. The second-order valence-corrected chi connectivity index (χ2v) is 10.7. The number of rotatable bonds is 6. The highest BCUT2D eigenvalue weighted by atomic mass is 35.5. The number of ether oxygens (including phenoxy) is 1. The van der Waals surface area contributed by atoms with E-state index in [0.29, 0.717) is 46.9 Å². The quantitative estimate of drug-likeness (QED) is 0.299. The van der Waals surface area contributed by atoms with Crippen LogP contribution < -0.4 is 14.8 Å². The van der Waals surface area contributed by atoms with Gasteiger partial charge in [0.05, 0.1) is 36.3 Å². The summed E-state index contributed by atoms with van der Waals surface area (Å²) >= 11 is 13.4. The number of aliphatic carboxylic acids is 1. The van der Waals surface area contributed by atoms with Gasteiger partial charge in [0.1, 0.15) is 23.0 Å². The van der Waals surface area contributed by atoms with Crippen molar-refractivity contribution in [1.29, 1.82) is 0 Å². The number of alkyl halides is 3. The van der Waals surface area contributed by atoms with Crippen LogP contribution in [0, 0.1) is 6.92 Å². The van der Waals surface area contributed by atoms with Gasteiger partial charge < -0.3 is 30.2 Å². The number of piperidine rings is 1. The Morgan fingerprint density at radius 2 is 1.90 bits per heavy atom. The monoisotopic (exact) mass is 641 g/mol. The van der Waals surface area contributed by atoms with Crippen molar-refractivity contribution in [2.45, 2.75) is 31.7 Å². The van der Waals surface area contributed by atoms with Crippen LogP contribution in [0.25, 0.3) is 11.5 Å². The largest absolute Gasteiger partial charge is 0.490 e. The fourth-order valence-electron chi connectivity index (χ4n) is 4.13. The molecule has 41 heavy (non-hydrogen) atoms. The highest BCUT2D eigenvalue weighted by Gasteiger charge is 2.38. The van der Waals surface area contributed by atoms with Crippen LogP contribution in [0.15, 0.2) is 12.4 Å². The minimum absolute atomic E-state index is 0.172. The second kappa shape index (κ2) is 12.7. The van der Waals surface area contributed by atoms with E-state index in [9.17, 15) is 27.9 Å². The molecule has 0 aliphatic carbocycles. The lowest BCUT2D eigenvalue weighted by atomic mass is 10.0. The van der Waals surface area contributed by atoms with Crippen LogP contribution in [0.5, 0.6) is 0 Å². The van der Waals surface area contributed by atoms with Crippen molar-refractivity contribution in [3.05, 3.63) is 38.7 Å². The number of carboxylic acids is 2. The Kier molecular flexibility index (Phi) is 9.94. The maximum absolute atomic E-state index is 12.8. The number of hydrogen-bond donors (Lipinski definition) is 4. The number of hydrogen-bond acceptors (Lipinski definition) is 7. The van der Waals surface area contributed by atoms with Gasteiger partial charge >= 0.3 is 23.9 Å². The van der Waals surface area contributed by atoms with Gasteiger partial charge in [-0.15, -0.1) is 0 Å². The van der Waals surface area contributed by atoms with Crippen molar-refractivity contribution in [2.24, 2.45) is 14.1 Å². The van der Waals surface area contributed by atoms with Crippen molar-refractivity contribution in [1.82, 2.24) is 19.9 Å².